The molecule has 254 valence electrons. The molecule has 15 nitrogen and oxygen atoms in total. The van der Waals surface area contributed by atoms with Gasteiger partial charge in [0.15, 0.2) is 23.7 Å². The fraction of sp³-hybridized carbons (Fsp3) is 0.562. The number of hydrogen-bond donors (Lipinski definition) is 4. The predicted molar refractivity (Wildman–Crippen MR) is 156 cm³/mol. The number of methoxy groups -OCH3 is 1. The lowest BCUT2D eigenvalue weighted by molar-refractivity contribution is -0.177. The summed E-state index contributed by atoms with van der Waals surface area (Å²) in [6.07, 6.45) is -2.30. The molecule has 47 heavy (non-hydrogen) atoms. The van der Waals surface area contributed by atoms with Crippen molar-refractivity contribution in [2.24, 2.45) is 11.8 Å². The first-order valence-electron chi connectivity index (χ1n) is 15.3. The maximum absolute atomic E-state index is 13.3. The second kappa shape index (κ2) is 12.5. The van der Waals surface area contributed by atoms with Gasteiger partial charge in [0.2, 0.25) is 6.10 Å². The molecule has 5 rings (SSSR count). The highest BCUT2D eigenvalue weighted by Crippen LogP contribution is 2.68. The van der Waals surface area contributed by atoms with Crippen LogP contribution in [0.15, 0.2) is 24.0 Å². The predicted octanol–water partition coefficient (Wildman–Crippen LogP) is 1.16. The summed E-state index contributed by atoms with van der Waals surface area (Å²) >= 11 is 0. The van der Waals surface area contributed by atoms with Crippen LogP contribution in [-0.2, 0) is 54.8 Å². The molecule has 0 aromatic heterocycles. The summed E-state index contributed by atoms with van der Waals surface area (Å²) in [6, 6.07) is 1.99. The van der Waals surface area contributed by atoms with E-state index in [0.717, 1.165) is 31.4 Å². The molecule has 1 aromatic carbocycles. The molecule has 2 bridgehead atoms. The maximum Gasteiger partial charge on any atom is 0.348 e. The van der Waals surface area contributed by atoms with Gasteiger partial charge >= 0.3 is 29.8 Å². The fourth-order valence-corrected chi connectivity index (χ4v) is 7.63. The summed E-state index contributed by atoms with van der Waals surface area (Å²) in [4.78, 5) is 72.7. The molecule has 15 heteroatoms. The van der Waals surface area contributed by atoms with Crippen LogP contribution in [0, 0.1) is 11.8 Å². The van der Waals surface area contributed by atoms with E-state index in [1.54, 1.807) is 6.08 Å². The second-order valence-corrected chi connectivity index (χ2v) is 12.5. The minimum Gasteiger partial charge on any atom is -0.493 e. The monoisotopic (exact) mass is 659 g/mol. The first-order chi connectivity index (χ1) is 22.1. The normalized spacial score (nSPS) is 28.2. The van der Waals surface area contributed by atoms with Crippen LogP contribution in [0.25, 0.3) is 0 Å². The van der Waals surface area contributed by atoms with Gasteiger partial charge in [0.05, 0.1) is 31.0 Å². The fourth-order valence-electron chi connectivity index (χ4n) is 7.63. The van der Waals surface area contributed by atoms with Crippen LogP contribution in [0.4, 0.5) is 0 Å². The Labute approximate surface area is 269 Å². The Morgan fingerprint density at radius 3 is 2.47 bits per heavy atom. The Hall–Kier alpha value is -4.66. The molecule has 1 saturated carbocycles. The molecule has 1 spiro atoms. The highest BCUT2D eigenvalue weighted by molar-refractivity contribution is 5.91. The first kappa shape index (κ1) is 33.7. The standard InChI is InChI=1S/C32H37NO14/c1-14-7-9-31-25-17-5-6-20(43-4)26(25)47-27(31)21(8-10-32(31,42)18(14)11-17)46-24(37)13-22(45-16(3)34)30(41)44-15(2)28(38)33-19(29(39)40)12-23(35)36/h5-6,8,14-15,18-19,22,27,42H,7,9-13H2,1-4H3,(H,33,38)(H,35,36)(H,39,40)/t14?,15-,18-,19+,22-,27-,31-,32+/m0/s1. The van der Waals surface area contributed by atoms with E-state index < -0.39 is 84.0 Å². The van der Waals surface area contributed by atoms with E-state index in [-0.39, 0.29) is 24.0 Å². The summed E-state index contributed by atoms with van der Waals surface area (Å²) in [5.41, 5.74) is -0.222. The molecule has 3 aliphatic carbocycles. The number of rotatable bonds is 12. The molecular formula is C32H37NO14. The molecule has 1 unspecified atom stereocenters. The van der Waals surface area contributed by atoms with Crippen molar-refractivity contribution in [1.29, 1.82) is 0 Å². The lowest BCUT2D eigenvalue weighted by atomic mass is 9.45. The molecule has 1 fully saturated rings. The molecular weight excluding hydrogens is 622 g/mol. The number of benzene rings is 1. The van der Waals surface area contributed by atoms with Gasteiger partial charge in [-0.05, 0) is 62.1 Å². The summed E-state index contributed by atoms with van der Waals surface area (Å²) in [5.74, 6) is -6.22. The smallest absolute Gasteiger partial charge is 0.348 e. The van der Waals surface area contributed by atoms with Gasteiger partial charge in [-0.1, -0.05) is 13.0 Å². The topological polar surface area (TPSA) is 221 Å². The van der Waals surface area contributed by atoms with Crippen LogP contribution in [0.2, 0.25) is 0 Å². The van der Waals surface area contributed by atoms with Crippen molar-refractivity contribution < 1.29 is 67.8 Å². The zero-order valence-electron chi connectivity index (χ0n) is 26.3. The van der Waals surface area contributed by atoms with E-state index in [4.69, 9.17) is 33.9 Å². The largest absolute Gasteiger partial charge is 0.493 e. The Kier molecular flexibility index (Phi) is 8.97. The van der Waals surface area contributed by atoms with Gasteiger partial charge in [-0.3, -0.25) is 19.2 Å². The third-order valence-corrected chi connectivity index (χ3v) is 9.75. The molecule has 8 atom stereocenters. The molecule has 1 aliphatic heterocycles. The number of carbonyl (C=O) groups excluding carboxylic acids is 4. The van der Waals surface area contributed by atoms with Crippen LogP contribution < -0.4 is 14.8 Å². The first-order valence-corrected chi connectivity index (χ1v) is 15.3. The van der Waals surface area contributed by atoms with Crippen molar-refractivity contribution in [3.8, 4) is 11.5 Å². The number of ether oxygens (including phenoxy) is 5. The summed E-state index contributed by atoms with van der Waals surface area (Å²) in [7, 11) is 1.51. The Bertz CT molecular complexity index is 1550. The number of carboxylic acid groups (broad SMARTS) is 2. The van der Waals surface area contributed by atoms with Crippen molar-refractivity contribution in [3.63, 3.8) is 0 Å². The summed E-state index contributed by atoms with van der Waals surface area (Å²) in [6.45, 7) is 4.20. The lowest BCUT2D eigenvalue weighted by Crippen LogP contribution is -2.69. The number of esters is 3. The quantitative estimate of drug-likeness (QED) is 0.183. The third-order valence-electron chi connectivity index (χ3n) is 9.75. The van der Waals surface area contributed by atoms with E-state index >= 15 is 0 Å². The van der Waals surface area contributed by atoms with Gasteiger partial charge in [-0.2, -0.15) is 0 Å². The van der Waals surface area contributed by atoms with E-state index in [0.29, 0.717) is 24.3 Å². The van der Waals surface area contributed by atoms with Crippen molar-refractivity contribution in [1.82, 2.24) is 5.32 Å². The maximum atomic E-state index is 13.3. The minimum atomic E-state index is -1.84. The van der Waals surface area contributed by atoms with Gasteiger partial charge in [0, 0.05) is 12.5 Å². The van der Waals surface area contributed by atoms with Crippen LogP contribution in [-0.4, -0.2) is 88.1 Å². The number of aliphatic hydroxyl groups is 1. The Morgan fingerprint density at radius 2 is 1.83 bits per heavy atom. The zero-order chi connectivity index (χ0) is 34.4. The zero-order valence-corrected chi connectivity index (χ0v) is 26.3. The molecule has 1 aromatic rings. The van der Waals surface area contributed by atoms with Crippen molar-refractivity contribution in [2.45, 2.75) is 94.7 Å². The van der Waals surface area contributed by atoms with Gasteiger partial charge in [0.25, 0.3) is 5.91 Å². The molecule has 1 heterocycles. The second-order valence-electron chi connectivity index (χ2n) is 12.5. The van der Waals surface area contributed by atoms with Gasteiger partial charge in [0.1, 0.15) is 11.8 Å². The number of hydrogen-bond acceptors (Lipinski definition) is 12. The van der Waals surface area contributed by atoms with E-state index in [1.165, 1.54) is 7.11 Å². The van der Waals surface area contributed by atoms with E-state index in [2.05, 4.69) is 6.92 Å². The summed E-state index contributed by atoms with van der Waals surface area (Å²) < 4.78 is 27.8. The number of carboxylic acids is 2. The lowest BCUT2D eigenvalue weighted by Gasteiger charge is -2.61. The van der Waals surface area contributed by atoms with Crippen LogP contribution in [0.3, 0.4) is 0 Å². The number of nitrogens with one attached hydrogen (secondary N) is 1. The van der Waals surface area contributed by atoms with E-state index in [9.17, 15) is 33.9 Å². The van der Waals surface area contributed by atoms with Crippen molar-refractivity contribution >= 4 is 35.8 Å². The third kappa shape index (κ3) is 5.77. The molecule has 1 amide bonds. The van der Waals surface area contributed by atoms with Gasteiger partial charge in [-0.15, -0.1) is 0 Å². The Balaban J connectivity index is 1.33. The van der Waals surface area contributed by atoms with Crippen molar-refractivity contribution in [3.05, 3.63) is 35.1 Å². The molecule has 4 aliphatic rings. The minimum absolute atomic E-state index is 0.0695. The summed E-state index contributed by atoms with van der Waals surface area (Å²) in [5, 5.41) is 32.4. The van der Waals surface area contributed by atoms with Crippen molar-refractivity contribution in [2.75, 3.05) is 7.11 Å². The van der Waals surface area contributed by atoms with E-state index in [1.807, 2.05) is 17.4 Å². The molecule has 4 N–H and O–H groups in total. The number of carbonyl (C=O) groups is 6. The SMILES string of the molecule is COc1ccc2c3c1O[C@H]1C(OC(=O)C[C@H](OC(C)=O)C(=O)O[C@@H](C)C(=O)N[C@H](CC(=O)O)C(=O)O)=CC[C@@]4(O)[C@@H](C2)C(C)CC[C@]314. The average molecular weight is 660 g/mol. The molecule has 0 saturated heterocycles. The average Bonchev–Trinajstić information content (AvgIpc) is 3.35. The Morgan fingerprint density at radius 1 is 1.11 bits per heavy atom. The molecule has 0 radical (unpaired) electrons. The van der Waals surface area contributed by atoms with Crippen LogP contribution in [0.1, 0.15) is 64.0 Å². The highest BCUT2D eigenvalue weighted by Gasteiger charge is 2.72. The van der Waals surface area contributed by atoms with Gasteiger partial charge < -0.3 is 44.3 Å². The number of amides is 1. The van der Waals surface area contributed by atoms with Crippen LogP contribution in [0.5, 0.6) is 11.5 Å². The van der Waals surface area contributed by atoms with Gasteiger partial charge in [-0.25, -0.2) is 9.59 Å². The number of aliphatic carboxylic acids is 2. The van der Waals surface area contributed by atoms with Crippen LogP contribution >= 0.6 is 0 Å². The highest BCUT2D eigenvalue weighted by atomic mass is 16.6.